The molecular formula is C15H19F3N2O4S. The number of sulfone groups is 1. The van der Waals surface area contributed by atoms with E-state index in [2.05, 4.69) is 9.72 Å². The van der Waals surface area contributed by atoms with E-state index in [1.807, 2.05) is 6.92 Å². The number of alkyl halides is 3. The maximum Gasteiger partial charge on any atom is 0.422 e. The molecule has 1 saturated heterocycles. The van der Waals surface area contributed by atoms with Crippen molar-refractivity contribution in [1.29, 1.82) is 0 Å². The van der Waals surface area contributed by atoms with Crippen LogP contribution in [0.25, 0.3) is 0 Å². The van der Waals surface area contributed by atoms with Gasteiger partial charge in [-0.15, -0.1) is 0 Å². The molecule has 1 unspecified atom stereocenters. The molecule has 140 valence electrons. The molecule has 1 fully saturated rings. The SMILES string of the molecule is CCCN(C(=O)c1ccc(OCC(F)(F)F)nc1)C1CCS(=O)(=O)C1. The summed E-state index contributed by atoms with van der Waals surface area (Å²) in [5, 5.41) is 0. The van der Waals surface area contributed by atoms with Crippen LogP contribution < -0.4 is 4.74 Å². The van der Waals surface area contributed by atoms with Crippen molar-refractivity contribution in [2.24, 2.45) is 0 Å². The number of hydrogen-bond donors (Lipinski definition) is 0. The first-order valence-corrected chi connectivity index (χ1v) is 9.60. The lowest BCUT2D eigenvalue weighted by atomic mass is 10.1. The average Bonchev–Trinajstić information content (AvgIpc) is 2.89. The number of pyridine rings is 1. The molecule has 0 N–H and O–H groups in total. The van der Waals surface area contributed by atoms with Gasteiger partial charge in [-0.3, -0.25) is 4.79 Å². The lowest BCUT2D eigenvalue weighted by Crippen LogP contribution is -2.41. The zero-order chi connectivity index (χ0) is 18.7. The first-order chi connectivity index (χ1) is 11.6. The van der Waals surface area contributed by atoms with Gasteiger partial charge in [0, 0.05) is 24.8 Å². The second-order valence-corrected chi connectivity index (χ2v) is 8.07. The number of carbonyl (C=O) groups is 1. The largest absolute Gasteiger partial charge is 0.468 e. The van der Waals surface area contributed by atoms with Crippen LogP contribution in [0.1, 0.15) is 30.1 Å². The summed E-state index contributed by atoms with van der Waals surface area (Å²) in [7, 11) is -3.14. The van der Waals surface area contributed by atoms with Crippen molar-refractivity contribution >= 4 is 15.7 Å². The molecule has 1 aliphatic rings. The van der Waals surface area contributed by atoms with Gasteiger partial charge in [0.25, 0.3) is 5.91 Å². The Balaban J connectivity index is 2.08. The normalized spacial score (nSPS) is 19.6. The predicted molar refractivity (Wildman–Crippen MR) is 84.2 cm³/mol. The van der Waals surface area contributed by atoms with Crippen molar-refractivity contribution in [1.82, 2.24) is 9.88 Å². The number of ether oxygens (including phenoxy) is 1. The Morgan fingerprint density at radius 2 is 2.12 bits per heavy atom. The smallest absolute Gasteiger partial charge is 0.422 e. The Morgan fingerprint density at radius 1 is 1.40 bits per heavy atom. The Labute approximate surface area is 143 Å². The number of aromatic nitrogens is 1. The summed E-state index contributed by atoms with van der Waals surface area (Å²) in [5.74, 6) is -0.648. The van der Waals surface area contributed by atoms with E-state index in [1.165, 1.54) is 17.0 Å². The van der Waals surface area contributed by atoms with E-state index in [0.717, 1.165) is 6.20 Å². The Kier molecular flexibility index (Phi) is 5.91. The highest BCUT2D eigenvalue weighted by Gasteiger charge is 2.34. The predicted octanol–water partition coefficient (Wildman–Crippen LogP) is 2.06. The Bertz CT molecular complexity index is 704. The molecule has 6 nitrogen and oxygen atoms in total. The van der Waals surface area contributed by atoms with Crippen molar-refractivity contribution in [2.75, 3.05) is 24.7 Å². The van der Waals surface area contributed by atoms with Crippen molar-refractivity contribution < 1.29 is 31.1 Å². The zero-order valence-electron chi connectivity index (χ0n) is 13.6. The molecule has 25 heavy (non-hydrogen) atoms. The summed E-state index contributed by atoms with van der Waals surface area (Å²) in [4.78, 5) is 17.8. The van der Waals surface area contributed by atoms with Gasteiger partial charge in [0.15, 0.2) is 16.4 Å². The van der Waals surface area contributed by atoms with Gasteiger partial charge >= 0.3 is 6.18 Å². The fourth-order valence-corrected chi connectivity index (χ4v) is 4.36. The van der Waals surface area contributed by atoms with E-state index in [0.29, 0.717) is 19.4 Å². The van der Waals surface area contributed by atoms with Crippen LogP contribution in [0.3, 0.4) is 0 Å². The first-order valence-electron chi connectivity index (χ1n) is 7.78. The van der Waals surface area contributed by atoms with Crippen LogP contribution in [-0.2, 0) is 9.84 Å². The maximum absolute atomic E-state index is 12.6. The van der Waals surface area contributed by atoms with Crippen LogP contribution in [0.4, 0.5) is 13.2 Å². The van der Waals surface area contributed by atoms with Crippen LogP contribution in [0.15, 0.2) is 18.3 Å². The monoisotopic (exact) mass is 380 g/mol. The number of carbonyl (C=O) groups excluding carboxylic acids is 1. The lowest BCUT2D eigenvalue weighted by Gasteiger charge is -2.28. The van der Waals surface area contributed by atoms with Gasteiger partial charge < -0.3 is 9.64 Å². The van der Waals surface area contributed by atoms with Crippen LogP contribution in [0.2, 0.25) is 0 Å². The fraction of sp³-hybridized carbons (Fsp3) is 0.600. The van der Waals surface area contributed by atoms with Gasteiger partial charge in [-0.2, -0.15) is 13.2 Å². The summed E-state index contributed by atoms with van der Waals surface area (Å²) in [6.45, 7) is 0.802. The summed E-state index contributed by atoms with van der Waals surface area (Å²) < 4.78 is 64.1. The minimum atomic E-state index is -4.47. The second kappa shape index (κ2) is 7.59. The van der Waals surface area contributed by atoms with E-state index < -0.39 is 28.7 Å². The molecule has 1 amide bonds. The van der Waals surface area contributed by atoms with E-state index >= 15 is 0 Å². The molecule has 10 heteroatoms. The number of halogens is 3. The lowest BCUT2D eigenvalue weighted by molar-refractivity contribution is -0.154. The van der Waals surface area contributed by atoms with Gasteiger partial charge in [0.1, 0.15) is 0 Å². The molecule has 1 aromatic rings. The van der Waals surface area contributed by atoms with E-state index in [1.54, 1.807) is 0 Å². The van der Waals surface area contributed by atoms with Gasteiger partial charge in [-0.1, -0.05) is 6.92 Å². The van der Waals surface area contributed by atoms with Crippen LogP contribution in [-0.4, -0.2) is 61.1 Å². The van der Waals surface area contributed by atoms with Crippen molar-refractivity contribution in [3.05, 3.63) is 23.9 Å². The number of hydrogen-bond acceptors (Lipinski definition) is 5. The third-order valence-corrected chi connectivity index (χ3v) is 5.49. The number of rotatable bonds is 6. The maximum atomic E-state index is 12.6. The van der Waals surface area contributed by atoms with E-state index in [-0.39, 0.29) is 28.9 Å². The molecule has 1 aromatic heterocycles. The molecule has 0 aliphatic carbocycles. The summed E-state index contributed by atoms with van der Waals surface area (Å²) in [6.07, 6.45) is -2.29. The van der Waals surface area contributed by atoms with Crippen molar-refractivity contribution in [3.8, 4) is 5.88 Å². The topological polar surface area (TPSA) is 76.6 Å². The molecule has 0 saturated carbocycles. The van der Waals surface area contributed by atoms with Gasteiger partial charge in [-0.05, 0) is 18.9 Å². The van der Waals surface area contributed by atoms with E-state index in [4.69, 9.17) is 0 Å². The third-order valence-electron chi connectivity index (χ3n) is 3.74. The van der Waals surface area contributed by atoms with E-state index in [9.17, 15) is 26.4 Å². The molecule has 2 heterocycles. The average molecular weight is 380 g/mol. The summed E-state index contributed by atoms with van der Waals surface area (Å²) in [6, 6.07) is 2.13. The first kappa shape index (κ1) is 19.5. The molecule has 2 rings (SSSR count). The molecule has 1 atom stereocenters. The van der Waals surface area contributed by atoms with Crippen molar-refractivity contribution in [3.63, 3.8) is 0 Å². The van der Waals surface area contributed by atoms with Crippen LogP contribution >= 0.6 is 0 Å². The Morgan fingerprint density at radius 3 is 2.60 bits per heavy atom. The summed E-state index contributed by atoms with van der Waals surface area (Å²) >= 11 is 0. The third kappa shape index (κ3) is 5.58. The minimum absolute atomic E-state index is 0.0492. The molecular weight excluding hydrogens is 361 g/mol. The van der Waals surface area contributed by atoms with Gasteiger partial charge in [0.05, 0.1) is 17.1 Å². The highest BCUT2D eigenvalue weighted by molar-refractivity contribution is 7.91. The van der Waals surface area contributed by atoms with Gasteiger partial charge in [-0.25, -0.2) is 13.4 Å². The zero-order valence-corrected chi connectivity index (χ0v) is 14.4. The molecule has 0 radical (unpaired) electrons. The highest BCUT2D eigenvalue weighted by atomic mass is 32.2. The molecule has 0 bridgehead atoms. The fourth-order valence-electron chi connectivity index (χ4n) is 2.63. The Hall–Kier alpha value is -1.84. The summed E-state index contributed by atoms with van der Waals surface area (Å²) in [5.41, 5.74) is 0.178. The molecule has 0 aromatic carbocycles. The standard InChI is InChI=1S/C15H19F3N2O4S/c1-2-6-20(12-5-7-25(22,23)9-12)14(21)11-3-4-13(19-8-11)24-10-15(16,17)18/h3-4,8,12H,2,5-7,9-10H2,1H3. The molecule has 1 aliphatic heterocycles. The molecule has 0 spiro atoms. The quantitative estimate of drug-likeness (QED) is 0.755. The van der Waals surface area contributed by atoms with Crippen LogP contribution in [0, 0.1) is 0 Å². The number of nitrogens with zero attached hydrogens (tertiary/aromatic N) is 2. The minimum Gasteiger partial charge on any atom is -0.468 e. The van der Waals surface area contributed by atoms with Crippen LogP contribution in [0.5, 0.6) is 5.88 Å². The second-order valence-electron chi connectivity index (χ2n) is 5.84. The van der Waals surface area contributed by atoms with Gasteiger partial charge in [0.2, 0.25) is 5.88 Å². The highest BCUT2D eigenvalue weighted by Crippen LogP contribution is 2.21. The van der Waals surface area contributed by atoms with Crippen molar-refractivity contribution in [2.45, 2.75) is 32.0 Å². The number of amides is 1.